The Bertz CT molecular complexity index is 492. The van der Waals surface area contributed by atoms with E-state index in [2.05, 4.69) is 12.2 Å². The number of carbonyl (C=O) groups excluding carboxylic acids is 1. The molecule has 1 N–H and O–H groups in total. The molecule has 0 aliphatic rings. The van der Waals surface area contributed by atoms with E-state index in [-0.39, 0.29) is 22.2 Å². The van der Waals surface area contributed by atoms with E-state index < -0.39 is 4.92 Å². The van der Waals surface area contributed by atoms with Crippen LogP contribution in [0.2, 0.25) is 5.02 Å². The highest BCUT2D eigenvalue weighted by molar-refractivity contribution is 6.32. The van der Waals surface area contributed by atoms with Crippen molar-refractivity contribution in [3.8, 4) is 0 Å². The number of benzene rings is 1. The Hall–Kier alpha value is -1.62. The van der Waals surface area contributed by atoms with Crippen LogP contribution < -0.4 is 5.32 Å². The van der Waals surface area contributed by atoms with E-state index in [0.29, 0.717) is 6.54 Å². The minimum atomic E-state index is -0.590. The van der Waals surface area contributed by atoms with Crippen LogP contribution in [0.3, 0.4) is 0 Å². The normalized spacial score (nSPS) is 10.4. The molecule has 1 amide bonds. The maximum atomic E-state index is 11.9. The lowest BCUT2D eigenvalue weighted by atomic mass is 10.1. The number of carbonyl (C=O) groups is 1. The van der Waals surface area contributed by atoms with Gasteiger partial charge in [0.05, 0.1) is 4.92 Å². The quantitative estimate of drug-likeness (QED) is 0.419. The molecule has 0 aromatic heterocycles. The number of amides is 1. The number of hydrogen-bond acceptors (Lipinski definition) is 3. The molecule has 1 aromatic rings. The topological polar surface area (TPSA) is 72.2 Å². The van der Waals surface area contributed by atoms with Crippen LogP contribution in [0, 0.1) is 10.1 Å². The van der Waals surface area contributed by atoms with Crippen LogP contribution in [-0.2, 0) is 0 Å². The van der Waals surface area contributed by atoms with Crippen molar-refractivity contribution < 1.29 is 9.72 Å². The fourth-order valence-electron chi connectivity index (χ4n) is 2.00. The first kappa shape index (κ1) is 17.4. The summed E-state index contributed by atoms with van der Waals surface area (Å²) < 4.78 is 0. The number of unbranched alkanes of at least 4 members (excludes halogenated alkanes) is 5. The standard InChI is InChI=1S/C15H21ClN2O3/c1-2-3-4-5-6-7-10-17-15(19)12-8-9-13(16)14(11-12)18(20)21/h8-9,11H,2-7,10H2,1H3,(H,17,19). The van der Waals surface area contributed by atoms with Crippen LogP contribution in [0.4, 0.5) is 5.69 Å². The van der Waals surface area contributed by atoms with Crippen LogP contribution in [0.5, 0.6) is 0 Å². The summed E-state index contributed by atoms with van der Waals surface area (Å²) >= 11 is 5.71. The van der Waals surface area contributed by atoms with Gasteiger partial charge >= 0.3 is 0 Å². The van der Waals surface area contributed by atoms with Crippen LogP contribution in [0.15, 0.2) is 18.2 Å². The Morgan fingerprint density at radius 2 is 1.90 bits per heavy atom. The second-order valence-corrected chi connectivity index (χ2v) is 5.35. The van der Waals surface area contributed by atoms with Gasteiger partial charge < -0.3 is 5.32 Å². The van der Waals surface area contributed by atoms with Gasteiger partial charge in [-0.15, -0.1) is 0 Å². The number of nitro benzene ring substituents is 1. The lowest BCUT2D eigenvalue weighted by molar-refractivity contribution is -0.384. The van der Waals surface area contributed by atoms with Crippen LogP contribution in [-0.4, -0.2) is 17.4 Å². The zero-order valence-corrected chi connectivity index (χ0v) is 13.0. The van der Waals surface area contributed by atoms with E-state index in [1.54, 1.807) is 0 Å². The molecule has 0 atom stereocenters. The van der Waals surface area contributed by atoms with E-state index in [4.69, 9.17) is 11.6 Å². The van der Waals surface area contributed by atoms with Gasteiger partial charge in [0.1, 0.15) is 5.02 Å². The van der Waals surface area contributed by atoms with Gasteiger partial charge in [-0.05, 0) is 18.6 Å². The van der Waals surface area contributed by atoms with E-state index in [9.17, 15) is 14.9 Å². The van der Waals surface area contributed by atoms with E-state index in [0.717, 1.165) is 12.8 Å². The third kappa shape index (κ3) is 6.12. The Kier molecular flexibility index (Phi) is 7.75. The third-order valence-corrected chi connectivity index (χ3v) is 3.54. The highest BCUT2D eigenvalue weighted by Crippen LogP contribution is 2.24. The van der Waals surface area contributed by atoms with Gasteiger partial charge in [-0.2, -0.15) is 0 Å². The molecule has 0 heterocycles. The van der Waals surface area contributed by atoms with Crippen molar-refractivity contribution in [1.29, 1.82) is 0 Å². The van der Waals surface area contributed by atoms with Gasteiger partial charge in [-0.25, -0.2) is 0 Å². The van der Waals surface area contributed by atoms with E-state index >= 15 is 0 Å². The Morgan fingerprint density at radius 3 is 2.57 bits per heavy atom. The van der Waals surface area contributed by atoms with Gasteiger partial charge in [-0.3, -0.25) is 14.9 Å². The summed E-state index contributed by atoms with van der Waals surface area (Å²) in [6.07, 6.45) is 6.88. The molecule has 0 aliphatic carbocycles. The van der Waals surface area contributed by atoms with Crippen LogP contribution in [0.25, 0.3) is 0 Å². The smallest absolute Gasteiger partial charge is 0.288 e. The molecule has 0 unspecified atom stereocenters. The molecule has 0 saturated heterocycles. The van der Waals surface area contributed by atoms with Crippen LogP contribution >= 0.6 is 11.6 Å². The molecule has 1 aromatic carbocycles. The summed E-state index contributed by atoms with van der Waals surface area (Å²) in [6.45, 7) is 2.76. The molecule has 5 nitrogen and oxygen atoms in total. The highest BCUT2D eigenvalue weighted by atomic mass is 35.5. The maximum Gasteiger partial charge on any atom is 0.288 e. The van der Waals surface area contributed by atoms with Crippen molar-refractivity contribution in [3.05, 3.63) is 38.9 Å². The van der Waals surface area contributed by atoms with Crippen LogP contribution in [0.1, 0.15) is 55.8 Å². The van der Waals surface area contributed by atoms with E-state index in [1.807, 2.05) is 0 Å². The summed E-state index contributed by atoms with van der Waals surface area (Å²) in [5.74, 6) is -0.302. The number of nitrogens with zero attached hydrogens (tertiary/aromatic N) is 1. The van der Waals surface area contributed by atoms with Gasteiger partial charge in [0.25, 0.3) is 11.6 Å². The van der Waals surface area contributed by atoms with Gasteiger partial charge in [0.15, 0.2) is 0 Å². The average molecular weight is 313 g/mol. The van der Waals surface area contributed by atoms with Crippen molar-refractivity contribution in [3.63, 3.8) is 0 Å². The molecule has 116 valence electrons. The monoisotopic (exact) mass is 312 g/mol. The number of nitro groups is 1. The second-order valence-electron chi connectivity index (χ2n) is 4.95. The van der Waals surface area contributed by atoms with E-state index in [1.165, 1.54) is 43.9 Å². The summed E-state index contributed by atoms with van der Waals surface area (Å²) in [6, 6.07) is 4.07. The number of halogens is 1. The molecular formula is C15H21ClN2O3. The lowest BCUT2D eigenvalue weighted by Crippen LogP contribution is -2.24. The van der Waals surface area contributed by atoms with Crippen molar-refractivity contribution in [1.82, 2.24) is 5.32 Å². The first-order valence-electron chi connectivity index (χ1n) is 7.28. The molecule has 6 heteroatoms. The fraction of sp³-hybridized carbons (Fsp3) is 0.533. The van der Waals surface area contributed by atoms with Gasteiger partial charge in [0.2, 0.25) is 0 Å². The number of rotatable bonds is 9. The second kappa shape index (κ2) is 9.34. The van der Waals surface area contributed by atoms with Crippen molar-refractivity contribution in [2.45, 2.75) is 45.4 Å². The maximum absolute atomic E-state index is 11.9. The van der Waals surface area contributed by atoms with Crippen molar-refractivity contribution in [2.75, 3.05) is 6.54 Å². The summed E-state index contributed by atoms with van der Waals surface area (Å²) in [4.78, 5) is 22.1. The molecule has 0 radical (unpaired) electrons. The highest BCUT2D eigenvalue weighted by Gasteiger charge is 2.15. The minimum Gasteiger partial charge on any atom is -0.352 e. The molecule has 1 rings (SSSR count). The molecule has 0 bridgehead atoms. The molecule has 0 fully saturated rings. The first-order valence-corrected chi connectivity index (χ1v) is 7.66. The Balaban J connectivity index is 2.39. The zero-order valence-electron chi connectivity index (χ0n) is 12.2. The molecule has 0 saturated carbocycles. The largest absolute Gasteiger partial charge is 0.352 e. The Labute approximate surface area is 129 Å². The van der Waals surface area contributed by atoms with Crippen molar-refractivity contribution >= 4 is 23.2 Å². The minimum absolute atomic E-state index is 0.0347. The first-order chi connectivity index (χ1) is 10.1. The van der Waals surface area contributed by atoms with Gasteiger partial charge in [-0.1, -0.05) is 50.6 Å². The summed E-state index contributed by atoms with van der Waals surface area (Å²) in [5, 5.41) is 13.6. The van der Waals surface area contributed by atoms with Gasteiger partial charge in [0, 0.05) is 18.2 Å². The number of hydrogen-bond donors (Lipinski definition) is 1. The fourth-order valence-corrected chi connectivity index (χ4v) is 2.19. The molecular weight excluding hydrogens is 292 g/mol. The molecule has 0 spiro atoms. The Morgan fingerprint density at radius 1 is 1.24 bits per heavy atom. The zero-order chi connectivity index (χ0) is 15.7. The van der Waals surface area contributed by atoms with Crippen molar-refractivity contribution in [2.24, 2.45) is 0 Å². The predicted octanol–water partition coefficient (Wildman–Crippen LogP) is 4.34. The summed E-state index contributed by atoms with van der Waals surface area (Å²) in [7, 11) is 0. The SMILES string of the molecule is CCCCCCCCNC(=O)c1ccc(Cl)c([N+](=O)[O-])c1. The summed E-state index contributed by atoms with van der Waals surface area (Å²) in [5.41, 5.74) is 0.0148. The average Bonchev–Trinajstić information content (AvgIpc) is 2.46. The third-order valence-electron chi connectivity index (χ3n) is 3.22. The predicted molar refractivity (Wildman–Crippen MR) is 83.8 cm³/mol. The molecule has 0 aliphatic heterocycles. The molecule has 21 heavy (non-hydrogen) atoms. The number of nitrogens with one attached hydrogen (secondary N) is 1. The lowest BCUT2D eigenvalue weighted by Gasteiger charge is -2.05.